The van der Waals surface area contributed by atoms with Crippen molar-refractivity contribution in [2.45, 2.75) is 6.18 Å². The quantitative estimate of drug-likeness (QED) is 0.470. The summed E-state index contributed by atoms with van der Waals surface area (Å²) in [5, 5.41) is 2.81. The molecule has 0 radical (unpaired) electrons. The van der Waals surface area contributed by atoms with Crippen LogP contribution in [0.25, 0.3) is 15.9 Å². The number of anilines is 1. The third-order valence-corrected chi connectivity index (χ3v) is 5.53. The summed E-state index contributed by atoms with van der Waals surface area (Å²) in [5.74, 6) is -1.78. The number of hydrogen-bond acceptors (Lipinski definition) is 5. The lowest BCUT2D eigenvalue weighted by atomic mass is 10.1. The van der Waals surface area contributed by atoms with Gasteiger partial charge in [0.1, 0.15) is 11.5 Å². The highest BCUT2D eigenvalue weighted by atomic mass is 32.1. The summed E-state index contributed by atoms with van der Waals surface area (Å²) in [4.78, 5) is 41.6. The van der Waals surface area contributed by atoms with Crippen LogP contribution < -0.4 is 16.6 Å². The molecule has 0 bridgehead atoms. The van der Waals surface area contributed by atoms with E-state index in [-0.39, 0.29) is 25.9 Å². The van der Waals surface area contributed by atoms with Gasteiger partial charge < -0.3 is 0 Å². The van der Waals surface area contributed by atoms with E-state index in [2.05, 4.69) is 10.3 Å². The average Bonchev–Trinajstić information content (AvgIpc) is 3.13. The Bertz CT molecular complexity index is 1450. The molecule has 164 valence electrons. The topological polar surface area (TPSA) is 86.0 Å². The lowest BCUT2D eigenvalue weighted by molar-refractivity contribution is -0.144. The van der Waals surface area contributed by atoms with Crippen LogP contribution in [0, 0.1) is 5.82 Å². The Labute approximate surface area is 180 Å². The first-order valence-electron chi connectivity index (χ1n) is 8.93. The summed E-state index contributed by atoms with van der Waals surface area (Å²) >= 11 is 1.20. The van der Waals surface area contributed by atoms with Crippen LogP contribution in [0.3, 0.4) is 0 Å². The summed E-state index contributed by atoms with van der Waals surface area (Å²) < 4.78 is 54.8. The molecule has 2 heterocycles. The van der Waals surface area contributed by atoms with Gasteiger partial charge in [0, 0.05) is 18.7 Å². The molecule has 0 saturated carbocycles. The second kappa shape index (κ2) is 7.71. The highest BCUT2D eigenvalue weighted by molar-refractivity contribution is 7.22. The molecule has 2 aromatic carbocycles. The van der Waals surface area contributed by atoms with Crippen molar-refractivity contribution in [1.82, 2.24) is 14.1 Å². The fourth-order valence-electron chi connectivity index (χ4n) is 3.04. The minimum Gasteiger partial charge on any atom is -0.298 e. The number of nitrogens with zero attached hydrogens (tertiary/aromatic N) is 3. The molecule has 4 aromatic rings. The summed E-state index contributed by atoms with van der Waals surface area (Å²) in [6, 6.07) is 10.2. The van der Waals surface area contributed by atoms with Gasteiger partial charge in [-0.05, 0) is 30.3 Å². The second-order valence-electron chi connectivity index (χ2n) is 6.65. The Morgan fingerprint density at radius 3 is 2.50 bits per heavy atom. The van der Waals surface area contributed by atoms with Gasteiger partial charge in [0.15, 0.2) is 5.13 Å². The number of amides is 1. The third kappa shape index (κ3) is 3.80. The van der Waals surface area contributed by atoms with Gasteiger partial charge in [-0.2, -0.15) is 13.2 Å². The van der Waals surface area contributed by atoms with E-state index < -0.39 is 40.5 Å². The maximum atomic E-state index is 14.4. The van der Waals surface area contributed by atoms with Gasteiger partial charge in [0.25, 0.3) is 11.5 Å². The molecule has 1 N–H and O–H groups in total. The van der Waals surface area contributed by atoms with Crippen molar-refractivity contribution in [3.63, 3.8) is 0 Å². The van der Waals surface area contributed by atoms with E-state index in [1.165, 1.54) is 11.3 Å². The van der Waals surface area contributed by atoms with Crippen LogP contribution in [-0.4, -0.2) is 20.0 Å². The van der Waals surface area contributed by atoms with Gasteiger partial charge in [-0.1, -0.05) is 23.5 Å². The Kier molecular flexibility index (Phi) is 5.17. The molecule has 0 aliphatic carbocycles. The van der Waals surface area contributed by atoms with Gasteiger partial charge in [-0.3, -0.25) is 19.5 Å². The number of nitrogens with one attached hydrogen (secondary N) is 1. The molecule has 0 fully saturated rings. The van der Waals surface area contributed by atoms with Gasteiger partial charge in [-0.25, -0.2) is 18.7 Å². The van der Waals surface area contributed by atoms with Crippen LogP contribution in [0.4, 0.5) is 22.7 Å². The monoisotopic (exact) mass is 464 g/mol. The first kappa shape index (κ1) is 21.4. The van der Waals surface area contributed by atoms with Crippen molar-refractivity contribution in [3.05, 3.63) is 86.4 Å². The van der Waals surface area contributed by atoms with E-state index >= 15 is 0 Å². The van der Waals surface area contributed by atoms with Crippen LogP contribution in [0.15, 0.2) is 58.1 Å². The zero-order valence-electron chi connectivity index (χ0n) is 16.1. The highest BCUT2D eigenvalue weighted by Crippen LogP contribution is 2.28. The molecule has 32 heavy (non-hydrogen) atoms. The van der Waals surface area contributed by atoms with Crippen molar-refractivity contribution < 1.29 is 22.4 Å². The fraction of sp³-hybridized carbons (Fsp3) is 0.100. The first-order valence-corrected chi connectivity index (χ1v) is 9.75. The number of fused-ring (bicyclic) bond motifs is 1. The standard InChI is InChI=1S/C20H12F4N4O3S/c1-27-15(20(22,23)24)9-16(29)28(19(27)31)13-8-10(6-7-11(13)21)17(30)26-18-25-12-4-2-3-5-14(12)32-18/h2-9H,1H3,(H,25,26,30). The number of aromatic nitrogens is 3. The third-order valence-electron chi connectivity index (χ3n) is 4.57. The molecule has 0 unspecified atom stereocenters. The van der Waals surface area contributed by atoms with E-state index in [1.54, 1.807) is 18.2 Å². The lowest BCUT2D eigenvalue weighted by Crippen LogP contribution is -2.41. The van der Waals surface area contributed by atoms with E-state index in [4.69, 9.17) is 0 Å². The zero-order chi connectivity index (χ0) is 23.2. The number of hydrogen-bond donors (Lipinski definition) is 1. The van der Waals surface area contributed by atoms with Crippen LogP contribution in [0.1, 0.15) is 16.1 Å². The van der Waals surface area contributed by atoms with Crippen molar-refractivity contribution >= 4 is 32.6 Å². The molecule has 0 spiro atoms. The van der Waals surface area contributed by atoms with Gasteiger partial charge in [-0.15, -0.1) is 0 Å². The maximum Gasteiger partial charge on any atom is 0.431 e. The highest BCUT2D eigenvalue weighted by Gasteiger charge is 2.35. The van der Waals surface area contributed by atoms with Gasteiger partial charge >= 0.3 is 11.9 Å². The molecule has 1 amide bonds. The van der Waals surface area contributed by atoms with Crippen LogP contribution >= 0.6 is 11.3 Å². The van der Waals surface area contributed by atoms with Crippen molar-refractivity contribution in [3.8, 4) is 5.69 Å². The van der Waals surface area contributed by atoms with Crippen molar-refractivity contribution in [1.29, 1.82) is 0 Å². The smallest absolute Gasteiger partial charge is 0.298 e. The normalized spacial score (nSPS) is 11.7. The van der Waals surface area contributed by atoms with E-state index in [0.717, 1.165) is 29.9 Å². The molecular weight excluding hydrogens is 452 g/mol. The minimum absolute atomic E-state index is 0.130. The largest absolute Gasteiger partial charge is 0.431 e. The van der Waals surface area contributed by atoms with Crippen molar-refractivity contribution in [2.75, 3.05) is 5.32 Å². The molecule has 0 saturated heterocycles. The molecule has 0 aliphatic heterocycles. The molecule has 7 nitrogen and oxygen atoms in total. The Morgan fingerprint density at radius 1 is 1.09 bits per heavy atom. The molecule has 0 aliphatic rings. The van der Waals surface area contributed by atoms with Gasteiger partial charge in [0.05, 0.1) is 15.9 Å². The Balaban J connectivity index is 1.75. The molecular formula is C20H12F4N4O3S. The summed E-state index contributed by atoms with van der Waals surface area (Å²) in [6.45, 7) is 0. The number of carbonyl (C=O) groups is 1. The number of thiazole rings is 1. The lowest BCUT2D eigenvalue weighted by Gasteiger charge is -2.14. The number of rotatable bonds is 3. The van der Waals surface area contributed by atoms with E-state index in [1.807, 2.05) is 6.07 Å². The van der Waals surface area contributed by atoms with Crippen LogP contribution in [0.5, 0.6) is 0 Å². The summed E-state index contributed by atoms with van der Waals surface area (Å²) in [6.07, 6.45) is -4.95. The maximum absolute atomic E-state index is 14.4. The number of halogens is 4. The molecule has 2 aromatic heterocycles. The Hall–Kier alpha value is -3.80. The SMILES string of the molecule is Cn1c(C(F)(F)F)cc(=O)n(-c2cc(C(=O)Nc3nc4ccccc4s3)ccc2F)c1=O. The summed E-state index contributed by atoms with van der Waals surface area (Å²) in [5.41, 5.74) is -4.40. The predicted molar refractivity (Wildman–Crippen MR) is 110 cm³/mol. The van der Waals surface area contributed by atoms with E-state index in [0.29, 0.717) is 5.52 Å². The summed E-state index contributed by atoms with van der Waals surface area (Å²) in [7, 11) is 0.808. The number of alkyl halides is 3. The first-order chi connectivity index (χ1) is 15.1. The van der Waals surface area contributed by atoms with Crippen LogP contribution in [-0.2, 0) is 13.2 Å². The number of carbonyl (C=O) groups excluding carboxylic acids is 1. The molecule has 0 atom stereocenters. The Morgan fingerprint density at radius 2 is 1.81 bits per heavy atom. The van der Waals surface area contributed by atoms with Gasteiger partial charge in [0.2, 0.25) is 0 Å². The van der Waals surface area contributed by atoms with Crippen LogP contribution in [0.2, 0.25) is 0 Å². The molecule has 12 heteroatoms. The van der Waals surface area contributed by atoms with Crippen molar-refractivity contribution in [2.24, 2.45) is 7.05 Å². The predicted octanol–water partition coefficient (Wildman–Crippen LogP) is 3.56. The number of para-hydroxylation sites is 1. The fourth-order valence-corrected chi connectivity index (χ4v) is 3.90. The van der Waals surface area contributed by atoms with E-state index in [9.17, 15) is 31.9 Å². The average molecular weight is 464 g/mol. The molecule has 4 rings (SSSR count). The second-order valence-corrected chi connectivity index (χ2v) is 7.68. The zero-order valence-corrected chi connectivity index (χ0v) is 16.9. The number of benzene rings is 2. The minimum atomic E-state index is -4.95.